The third kappa shape index (κ3) is 5.09. The molecule has 0 aromatic heterocycles. The highest BCUT2D eigenvalue weighted by Crippen LogP contribution is 2.25. The van der Waals surface area contributed by atoms with Gasteiger partial charge in [-0.3, -0.25) is 4.79 Å². The Bertz CT molecular complexity index is 1010. The fraction of sp³-hybridized carbons (Fsp3) is 0.350. The molecule has 156 valence electrons. The number of nitrogens with zero attached hydrogens (tertiary/aromatic N) is 1. The summed E-state index contributed by atoms with van der Waals surface area (Å²) in [6.45, 7) is 0.770. The first-order valence-corrected chi connectivity index (χ1v) is 11.5. The van der Waals surface area contributed by atoms with Crippen LogP contribution in [-0.2, 0) is 23.0 Å². The molecule has 0 saturated carbocycles. The Labute approximate surface area is 179 Å². The zero-order chi connectivity index (χ0) is 21.0. The molecule has 1 aliphatic heterocycles. The molecule has 1 heterocycles. The molecule has 29 heavy (non-hydrogen) atoms. The van der Waals surface area contributed by atoms with E-state index in [2.05, 4.69) is 21.2 Å². The standard InChI is InChI=1S/C20H23BrN2O5S/c1-27-16-4-3-15-13-23(9-7-14(15)11-16)29(25,26)10-8-22-20(24)18-12-17(28-2)5-6-19(18)21/h3-6,11-12H,7-10,13H2,1-2H3,(H,22,24). The molecule has 9 heteroatoms. The van der Waals surface area contributed by atoms with Crippen molar-refractivity contribution in [1.29, 1.82) is 0 Å². The van der Waals surface area contributed by atoms with Gasteiger partial charge in [0, 0.05) is 24.1 Å². The lowest BCUT2D eigenvalue weighted by atomic mass is 10.0. The van der Waals surface area contributed by atoms with Crippen LogP contribution in [0.4, 0.5) is 0 Å². The third-order valence-corrected chi connectivity index (χ3v) is 7.36. The Hall–Kier alpha value is -2.10. The Kier molecular flexibility index (Phi) is 6.81. The Morgan fingerprint density at radius 3 is 2.52 bits per heavy atom. The van der Waals surface area contributed by atoms with E-state index in [0.29, 0.717) is 35.3 Å². The summed E-state index contributed by atoms with van der Waals surface area (Å²) in [7, 11) is -0.363. The Morgan fingerprint density at radius 2 is 1.79 bits per heavy atom. The van der Waals surface area contributed by atoms with E-state index in [-0.39, 0.29) is 18.2 Å². The minimum absolute atomic E-state index is 0.0246. The van der Waals surface area contributed by atoms with Gasteiger partial charge in [0.15, 0.2) is 0 Å². The molecule has 0 saturated heterocycles. The van der Waals surface area contributed by atoms with Gasteiger partial charge in [0.05, 0.1) is 25.5 Å². The number of carbonyl (C=O) groups is 1. The van der Waals surface area contributed by atoms with E-state index in [0.717, 1.165) is 16.9 Å². The Morgan fingerprint density at radius 1 is 1.10 bits per heavy atom. The van der Waals surface area contributed by atoms with E-state index in [1.807, 2.05) is 18.2 Å². The summed E-state index contributed by atoms with van der Waals surface area (Å²) in [5.74, 6) is 0.800. The molecule has 1 aliphatic rings. The largest absolute Gasteiger partial charge is 0.497 e. The van der Waals surface area contributed by atoms with Gasteiger partial charge in [-0.15, -0.1) is 0 Å². The van der Waals surface area contributed by atoms with Gasteiger partial charge in [-0.2, -0.15) is 4.31 Å². The number of hydrogen-bond donors (Lipinski definition) is 1. The maximum atomic E-state index is 12.7. The lowest BCUT2D eigenvalue weighted by molar-refractivity contribution is 0.0955. The molecule has 2 aromatic rings. The summed E-state index contributed by atoms with van der Waals surface area (Å²) < 4.78 is 37.9. The van der Waals surface area contributed by atoms with Crippen molar-refractivity contribution in [2.75, 3.05) is 33.1 Å². The molecule has 7 nitrogen and oxygen atoms in total. The lowest BCUT2D eigenvalue weighted by Gasteiger charge is -2.28. The molecular formula is C20H23BrN2O5S. The minimum Gasteiger partial charge on any atom is -0.497 e. The predicted molar refractivity (Wildman–Crippen MR) is 114 cm³/mol. The number of carbonyl (C=O) groups excluding carboxylic acids is 1. The number of ether oxygens (including phenoxy) is 2. The summed E-state index contributed by atoms with van der Waals surface area (Å²) in [5.41, 5.74) is 2.47. The van der Waals surface area contributed by atoms with Crippen molar-refractivity contribution in [2.45, 2.75) is 13.0 Å². The smallest absolute Gasteiger partial charge is 0.252 e. The monoisotopic (exact) mass is 482 g/mol. The van der Waals surface area contributed by atoms with Crippen LogP contribution in [0.5, 0.6) is 11.5 Å². The highest BCUT2D eigenvalue weighted by atomic mass is 79.9. The van der Waals surface area contributed by atoms with Gasteiger partial charge in [-0.1, -0.05) is 6.07 Å². The number of rotatable bonds is 7. The number of amides is 1. The highest BCUT2D eigenvalue weighted by Gasteiger charge is 2.27. The second-order valence-electron chi connectivity index (χ2n) is 6.64. The first-order chi connectivity index (χ1) is 13.8. The second kappa shape index (κ2) is 9.15. The number of fused-ring (bicyclic) bond motifs is 1. The van der Waals surface area contributed by atoms with E-state index in [9.17, 15) is 13.2 Å². The molecule has 3 rings (SSSR count). The predicted octanol–water partition coefficient (Wildman–Crippen LogP) is 2.58. The normalized spacial score (nSPS) is 14.2. The fourth-order valence-electron chi connectivity index (χ4n) is 3.19. The van der Waals surface area contributed by atoms with Crippen LogP contribution < -0.4 is 14.8 Å². The number of methoxy groups -OCH3 is 2. The summed E-state index contributed by atoms with van der Waals surface area (Å²) >= 11 is 3.33. The number of nitrogens with one attached hydrogen (secondary N) is 1. The third-order valence-electron chi connectivity index (χ3n) is 4.85. The molecule has 0 radical (unpaired) electrons. The van der Waals surface area contributed by atoms with Crippen LogP contribution in [0.1, 0.15) is 21.5 Å². The molecule has 2 aromatic carbocycles. The van der Waals surface area contributed by atoms with Crippen LogP contribution in [0.25, 0.3) is 0 Å². The lowest BCUT2D eigenvalue weighted by Crippen LogP contribution is -2.40. The Balaban J connectivity index is 1.60. The topological polar surface area (TPSA) is 84.9 Å². The van der Waals surface area contributed by atoms with Crippen LogP contribution in [0.2, 0.25) is 0 Å². The van der Waals surface area contributed by atoms with Gasteiger partial charge >= 0.3 is 0 Å². The zero-order valence-electron chi connectivity index (χ0n) is 16.3. The first-order valence-electron chi connectivity index (χ1n) is 9.09. The summed E-state index contributed by atoms with van der Waals surface area (Å²) in [5, 5.41) is 2.67. The molecule has 0 atom stereocenters. The van der Waals surface area contributed by atoms with Crippen molar-refractivity contribution in [2.24, 2.45) is 0 Å². The number of halogens is 1. The number of benzene rings is 2. The minimum atomic E-state index is -3.49. The average Bonchev–Trinajstić information content (AvgIpc) is 2.73. The molecule has 0 aliphatic carbocycles. The van der Waals surface area contributed by atoms with E-state index in [1.165, 1.54) is 11.4 Å². The molecule has 0 unspecified atom stereocenters. The van der Waals surface area contributed by atoms with Gasteiger partial charge < -0.3 is 14.8 Å². The van der Waals surface area contributed by atoms with Crippen LogP contribution in [0.15, 0.2) is 40.9 Å². The van der Waals surface area contributed by atoms with Crippen molar-refractivity contribution in [3.05, 3.63) is 57.6 Å². The molecule has 0 spiro atoms. The second-order valence-corrected chi connectivity index (χ2v) is 9.58. The molecule has 1 N–H and O–H groups in total. The summed E-state index contributed by atoms with van der Waals surface area (Å²) in [4.78, 5) is 12.4. The molecule has 1 amide bonds. The molecule has 0 fully saturated rings. The highest BCUT2D eigenvalue weighted by molar-refractivity contribution is 9.10. The van der Waals surface area contributed by atoms with Gasteiger partial charge in [0.25, 0.3) is 5.91 Å². The van der Waals surface area contributed by atoms with E-state index in [1.54, 1.807) is 25.3 Å². The fourth-order valence-corrected chi connectivity index (χ4v) is 4.94. The first kappa shape index (κ1) is 21.6. The van der Waals surface area contributed by atoms with E-state index in [4.69, 9.17) is 9.47 Å². The van der Waals surface area contributed by atoms with Crippen LogP contribution in [0, 0.1) is 0 Å². The quantitative estimate of drug-likeness (QED) is 0.655. The summed E-state index contributed by atoms with van der Waals surface area (Å²) in [6.07, 6.45) is 0.634. The van der Waals surface area contributed by atoms with Crippen molar-refractivity contribution in [3.8, 4) is 11.5 Å². The summed E-state index contributed by atoms with van der Waals surface area (Å²) in [6, 6.07) is 10.7. The van der Waals surface area contributed by atoms with Gasteiger partial charge in [0.1, 0.15) is 11.5 Å². The maximum Gasteiger partial charge on any atom is 0.252 e. The van der Waals surface area contributed by atoms with Gasteiger partial charge in [0.2, 0.25) is 10.0 Å². The number of sulfonamides is 1. The zero-order valence-corrected chi connectivity index (χ0v) is 18.7. The van der Waals surface area contributed by atoms with E-state index >= 15 is 0 Å². The van der Waals surface area contributed by atoms with Crippen LogP contribution >= 0.6 is 15.9 Å². The maximum absolute atomic E-state index is 12.7. The van der Waals surface area contributed by atoms with Crippen molar-refractivity contribution < 1.29 is 22.7 Å². The van der Waals surface area contributed by atoms with Crippen molar-refractivity contribution in [3.63, 3.8) is 0 Å². The average molecular weight is 483 g/mol. The molecule has 0 bridgehead atoms. The van der Waals surface area contributed by atoms with E-state index < -0.39 is 10.0 Å². The van der Waals surface area contributed by atoms with Crippen molar-refractivity contribution in [1.82, 2.24) is 9.62 Å². The van der Waals surface area contributed by atoms with Gasteiger partial charge in [-0.05, 0) is 63.8 Å². The van der Waals surface area contributed by atoms with Crippen LogP contribution in [0.3, 0.4) is 0 Å². The van der Waals surface area contributed by atoms with Crippen LogP contribution in [-0.4, -0.2) is 51.7 Å². The SMILES string of the molecule is COc1ccc2c(c1)CCN(S(=O)(=O)CCNC(=O)c1cc(OC)ccc1Br)C2. The van der Waals surface area contributed by atoms with Gasteiger partial charge in [-0.25, -0.2) is 8.42 Å². The number of hydrogen-bond acceptors (Lipinski definition) is 5. The molecular weight excluding hydrogens is 460 g/mol. The van der Waals surface area contributed by atoms with Crippen molar-refractivity contribution >= 4 is 31.9 Å².